The monoisotopic (exact) mass is 176 g/mol. The van der Waals surface area contributed by atoms with Gasteiger partial charge in [-0.05, 0) is 0 Å². The molecule has 0 aliphatic rings. The second-order valence-electron chi connectivity index (χ2n) is 4.10. The van der Waals surface area contributed by atoms with Gasteiger partial charge in [0.2, 0.25) is 0 Å². The summed E-state index contributed by atoms with van der Waals surface area (Å²) in [5.41, 5.74) is 3.64. The first kappa shape index (κ1) is 11.4. The first-order chi connectivity index (χ1) is 5.12. The van der Waals surface area contributed by atoms with E-state index >= 15 is 0 Å². The van der Waals surface area contributed by atoms with E-state index in [2.05, 4.69) is 0 Å². The summed E-state index contributed by atoms with van der Waals surface area (Å²) in [6.07, 6.45) is -0.539. The Balaban J connectivity index is 4.13. The van der Waals surface area contributed by atoms with Gasteiger partial charge in [-0.3, -0.25) is 5.73 Å². The molecule has 0 fully saturated rings. The number of aliphatic hydroxyl groups is 1. The Labute approximate surface area is 72.0 Å². The minimum Gasteiger partial charge on any atom is -0.550 e. The number of carboxylic acid groups (broad SMARTS) is 1. The molecule has 0 saturated heterocycles. The van der Waals surface area contributed by atoms with Crippen LogP contribution in [0.25, 0.3) is 0 Å². The van der Waals surface area contributed by atoms with Gasteiger partial charge in [-0.25, -0.2) is 0 Å². The van der Waals surface area contributed by atoms with Crippen LogP contribution >= 0.6 is 0 Å². The molecule has 0 aliphatic heterocycles. The molecule has 0 heterocycles. The fourth-order valence-electron chi connectivity index (χ4n) is 1.13. The van der Waals surface area contributed by atoms with Gasteiger partial charge in [0.15, 0.2) is 5.72 Å². The molecule has 0 aromatic heterocycles. The average molecular weight is 176 g/mol. The second-order valence-corrected chi connectivity index (χ2v) is 4.10. The molecule has 1 atom stereocenters. The van der Waals surface area contributed by atoms with Crippen molar-refractivity contribution in [1.29, 1.82) is 0 Å². The summed E-state index contributed by atoms with van der Waals surface area (Å²) < 4.78 is 0.403. The molecule has 0 aromatic rings. The fraction of sp³-hybridized carbons (Fsp3) is 0.857. The van der Waals surface area contributed by atoms with Crippen LogP contribution in [0.5, 0.6) is 0 Å². The van der Waals surface area contributed by atoms with Crippen molar-refractivity contribution >= 4 is 5.97 Å². The summed E-state index contributed by atoms with van der Waals surface area (Å²) in [7, 11) is 5.44. The highest BCUT2D eigenvalue weighted by molar-refractivity contribution is 5.65. The van der Waals surface area contributed by atoms with E-state index in [0.29, 0.717) is 4.48 Å². The largest absolute Gasteiger partial charge is 0.550 e. The fourth-order valence-corrected chi connectivity index (χ4v) is 1.13. The van der Waals surface area contributed by atoms with Crippen molar-refractivity contribution < 1.29 is 19.5 Å². The highest BCUT2D eigenvalue weighted by Gasteiger charge is 2.28. The lowest BCUT2D eigenvalue weighted by molar-refractivity contribution is -0.877. The standard InChI is InChI=1S/C7H16N2O3/c1-9(2,3)5-7(8,12)4-6(10)11/h12H,4-5,8H2,1-3H3. The van der Waals surface area contributed by atoms with E-state index in [1.165, 1.54) is 0 Å². The van der Waals surface area contributed by atoms with E-state index < -0.39 is 18.1 Å². The Morgan fingerprint density at radius 2 is 2.00 bits per heavy atom. The number of carboxylic acids is 1. The van der Waals surface area contributed by atoms with Crippen LogP contribution in [-0.2, 0) is 4.79 Å². The van der Waals surface area contributed by atoms with Gasteiger partial charge in [0.25, 0.3) is 0 Å². The number of carbonyl (C=O) groups is 1. The number of carbonyl (C=O) groups excluding carboxylic acids is 1. The first-order valence-electron chi connectivity index (χ1n) is 3.64. The number of quaternary nitrogens is 1. The summed E-state index contributed by atoms with van der Waals surface area (Å²) in [5.74, 6) is -1.34. The second kappa shape index (κ2) is 3.38. The van der Waals surface area contributed by atoms with Crippen molar-refractivity contribution in [3.05, 3.63) is 0 Å². The Kier molecular flexibility index (Phi) is 3.20. The molecule has 12 heavy (non-hydrogen) atoms. The zero-order chi connectivity index (χ0) is 9.99. The highest BCUT2D eigenvalue weighted by Crippen LogP contribution is 2.06. The molecule has 0 amide bonds. The normalized spacial score (nSPS) is 17.1. The van der Waals surface area contributed by atoms with Crippen LogP contribution in [0.2, 0.25) is 0 Å². The number of nitrogens with two attached hydrogens (primary N) is 1. The SMILES string of the molecule is C[N+](C)(C)CC(N)(O)CC(=O)[O-]. The molecule has 0 bridgehead atoms. The van der Waals surface area contributed by atoms with Gasteiger partial charge in [0, 0.05) is 12.4 Å². The number of rotatable bonds is 4. The lowest BCUT2D eigenvalue weighted by Crippen LogP contribution is -2.56. The number of hydrogen-bond acceptors (Lipinski definition) is 4. The van der Waals surface area contributed by atoms with Crippen molar-refractivity contribution in [2.24, 2.45) is 5.73 Å². The van der Waals surface area contributed by atoms with Crippen molar-refractivity contribution in [2.75, 3.05) is 27.7 Å². The molecule has 0 aromatic carbocycles. The van der Waals surface area contributed by atoms with Crippen LogP contribution in [-0.4, -0.2) is 49.0 Å². The van der Waals surface area contributed by atoms with Gasteiger partial charge >= 0.3 is 0 Å². The third-order valence-corrected chi connectivity index (χ3v) is 1.20. The zero-order valence-electron chi connectivity index (χ0n) is 7.70. The summed E-state index contributed by atoms with van der Waals surface area (Å²) in [6, 6.07) is 0. The Morgan fingerprint density at radius 1 is 1.58 bits per heavy atom. The molecule has 0 radical (unpaired) electrons. The van der Waals surface area contributed by atoms with Gasteiger partial charge < -0.3 is 19.5 Å². The smallest absolute Gasteiger partial charge is 0.168 e. The lowest BCUT2D eigenvalue weighted by atomic mass is 10.1. The first-order valence-corrected chi connectivity index (χ1v) is 3.64. The molecule has 1 unspecified atom stereocenters. The van der Waals surface area contributed by atoms with Crippen LogP contribution in [0.3, 0.4) is 0 Å². The van der Waals surface area contributed by atoms with Crippen molar-refractivity contribution in [3.63, 3.8) is 0 Å². The molecule has 0 spiro atoms. The molecule has 5 nitrogen and oxygen atoms in total. The number of likely N-dealkylation sites (N-methyl/N-ethyl adjacent to an activating group) is 1. The van der Waals surface area contributed by atoms with Gasteiger partial charge in [0.05, 0.1) is 21.1 Å². The molecule has 72 valence electrons. The molecular formula is C7H16N2O3. The van der Waals surface area contributed by atoms with Crippen molar-refractivity contribution in [3.8, 4) is 0 Å². The summed E-state index contributed by atoms with van der Waals surface area (Å²) in [4.78, 5) is 10.1. The van der Waals surface area contributed by atoms with Gasteiger partial charge in [-0.1, -0.05) is 0 Å². The van der Waals surface area contributed by atoms with Gasteiger partial charge in [-0.2, -0.15) is 0 Å². The van der Waals surface area contributed by atoms with Crippen LogP contribution in [0.4, 0.5) is 0 Å². The van der Waals surface area contributed by atoms with Crippen molar-refractivity contribution in [1.82, 2.24) is 0 Å². The Hall–Kier alpha value is -0.650. The molecule has 5 heteroatoms. The van der Waals surface area contributed by atoms with Crippen LogP contribution in [0, 0.1) is 0 Å². The molecule has 0 rings (SSSR count). The van der Waals surface area contributed by atoms with E-state index in [0.717, 1.165) is 0 Å². The predicted molar refractivity (Wildman–Crippen MR) is 41.7 cm³/mol. The number of hydrogen-bond donors (Lipinski definition) is 2. The lowest BCUT2D eigenvalue weighted by Gasteiger charge is -2.32. The minimum atomic E-state index is -1.68. The van der Waals surface area contributed by atoms with Crippen molar-refractivity contribution in [2.45, 2.75) is 12.1 Å². The molecular weight excluding hydrogens is 160 g/mol. The Morgan fingerprint density at radius 3 is 2.25 bits per heavy atom. The van der Waals surface area contributed by atoms with E-state index in [1.807, 2.05) is 21.1 Å². The Bertz CT molecular complexity index is 172. The average Bonchev–Trinajstić information content (AvgIpc) is 1.48. The van der Waals surface area contributed by atoms with Gasteiger partial charge in [0.1, 0.15) is 6.54 Å². The van der Waals surface area contributed by atoms with E-state index in [1.54, 1.807) is 0 Å². The maximum atomic E-state index is 10.1. The van der Waals surface area contributed by atoms with E-state index in [-0.39, 0.29) is 6.54 Å². The van der Waals surface area contributed by atoms with Crippen LogP contribution in [0.1, 0.15) is 6.42 Å². The molecule has 3 N–H and O–H groups in total. The topological polar surface area (TPSA) is 86.4 Å². The number of aliphatic carboxylic acids is 1. The number of nitrogens with zero attached hydrogens (tertiary/aromatic N) is 1. The summed E-state index contributed by atoms with van der Waals surface area (Å²) in [5, 5.41) is 19.5. The van der Waals surface area contributed by atoms with E-state index in [9.17, 15) is 15.0 Å². The molecule has 0 saturated carbocycles. The van der Waals surface area contributed by atoms with Gasteiger partial charge in [-0.15, -0.1) is 0 Å². The minimum absolute atomic E-state index is 0.168. The van der Waals surface area contributed by atoms with Crippen LogP contribution in [0.15, 0.2) is 0 Å². The summed E-state index contributed by atoms with van der Waals surface area (Å²) in [6.45, 7) is 0.168. The third kappa shape index (κ3) is 6.09. The molecule has 0 aliphatic carbocycles. The van der Waals surface area contributed by atoms with Crippen LogP contribution < -0.4 is 10.8 Å². The summed E-state index contributed by atoms with van der Waals surface area (Å²) >= 11 is 0. The van der Waals surface area contributed by atoms with E-state index in [4.69, 9.17) is 5.73 Å². The maximum absolute atomic E-state index is 10.1. The predicted octanol–water partition coefficient (Wildman–Crippen LogP) is -2.52. The zero-order valence-corrected chi connectivity index (χ0v) is 7.70. The highest BCUT2D eigenvalue weighted by atomic mass is 16.4. The third-order valence-electron chi connectivity index (χ3n) is 1.20. The quantitative estimate of drug-likeness (QED) is 0.365. The maximum Gasteiger partial charge on any atom is 0.168 e.